The Labute approximate surface area is 71.5 Å². The average Bonchev–Trinajstić information content (AvgIpc) is 2.31. The molecule has 0 saturated carbocycles. The molecule has 11 heavy (non-hydrogen) atoms. The summed E-state index contributed by atoms with van der Waals surface area (Å²) >= 11 is 1.64. The molecule has 1 aromatic rings. The van der Waals surface area contributed by atoms with Gasteiger partial charge in [0.1, 0.15) is 0 Å². The van der Waals surface area contributed by atoms with Crippen LogP contribution in [0, 0.1) is 24.7 Å². The Balaban J connectivity index is 2.74. The molecule has 0 unspecified atom stereocenters. The van der Waals surface area contributed by atoms with Crippen molar-refractivity contribution in [3.05, 3.63) is 16.1 Å². The van der Waals surface area contributed by atoms with Gasteiger partial charge in [0.15, 0.2) is 5.01 Å². The first-order valence-corrected chi connectivity index (χ1v) is 4.44. The van der Waals surface area contributed by atoms with E-state index in [1.807, 2.05) is 13.1 Å². The molecular weight excluding hydrogens is 154 g/mol. The second kappa shape index (κ2) is 3.54. The first-order chi connectivity index (χ1) is 5.18. The Kier molecular flexibility index (Phi) is 2.67. The molecular formula is C9H11NS. The van der Waals surface area contributed by atoms with Crippen LogP contribution in [-0.4, -0.2) is 4.98 Å². The van der Waals surface area contributed by atoms with Crippen LogP contribution in [0.15, 0.2) is 6.20 Å². The lowest BCUT2D eigenvalue weighted by molar-refractivity contribution is 0.866. The van der Waals surface area contributed by atoms with Crippen molar-refractivity contribution in [1.82, 2.24) is 4.98 Å². The van der Waals surface area contributed by atoms with Crippen LogP contribution in [0.4, 0.5) is 0 Å². The smallest absolute Gasteiger partial charge is 0.167 e. The van der Waals surface area contributed by atoms with Gasteiger partial charge in [-0.2, -0.15) is 0 Å². The van der Waals surface area contributed by atoms with E-state index < -0.39 is 0 Å². The molecule has 58 valence electrons. The van der Waals surface area contributed by atoms with Crippen LogP contribution in [0.2, 0.25) is 0 Å². The van der Waals surface area contributed by atoms with E-state index in [0.717, 1.165) is 5.01 Å². The standard InChI is InChI=1S/C9H11NS/c1-7(2)4-5-9-10-6-8(3)11-9/h6-7H,1-3H3. The summed E-state index contributed by atoms with van der Waals surface area (Å²) in [6, 6.07) is 0. The van der Waals surface area contributed by atoms with Crippen LogP contribution in [0.5, 0.6) is 0 Å². The number of hydrogen-bond donors (Lipinski definition) is 0. The quantitative estimate of drug-likeness (QED) is 0.538. The van der Waals surface area contributed by atoms with E-state index in [1.165, 1.54) is 4.88 Å². The zero-order valence-corrected chi connectivity index (χ0v) is 7.83. The first-order valence-electron chi connectivity index (χ1n) is 3.62. The minimum atomic E-state index is 0.430. The van der Waals surface area contributed by atoms with Crippen molar-refractivity contribution in [2.45, 2.75) is 20.8 Å². The fraction of sp³-hybridized carbons (Fsp3) is 0.444. The van der Waals surface area contributed by atoms with Gasteiger partial charge < -0.3 is 0 Å². The molecule has 0 aliphatic carbocycles. The predicted molar refractivity (Wildman–Crippen MR) is 48.6 cm³/mol. The van der Waals surface area contributed by atoms with Crippen molar-refractivity contribution in [3.63, 3.8) is 0 Å². The highest BCUT2D eigenvalue weighted by atomic mass is 32.1. The van der Waals surface area contributed by atoms with E-state index >= 15 is 0 Å². The largest absolute Gasteiger partial charge is 0.236 e. The molecule has 0 amide bonds. The van der Waals surface area contributed by atoms with Gasteiger partial charge in [-0.25, -0.2) is 4.98 Å². The zero-order chi connectivity index (χ0) is 8.27. The molecule has 0 saturated heterocycles. The van der Waals surface area contributed by atoms with Gasteiger partial charge in [0, 0.05) is 17.0 Å². The molecule has 0 fully saturated rings. The van der Waals surface area contributed by atoms with Crippen LogP contribution >= 0.6 is 11.3 Å². The lowest BCUT2D eigenvalue weighted by Crippen LogP contribution is -1.77. The molecule has 0 N–H and O–H groups in total. The SMILES string of the molecule is Cc1cnc(C#CC(C)C)s1. The second-order valence-electron chi connectivity index (χ2n) is 2.70. The normalized spacial score (nSPS) is 9.45. The van der Waals surface area contributed by atoms with Crippen molar-refractivity contribution < 1.29 is 0 Å². The fourth-order valence-electron chi connectivity index (χ4n) is 0.619. The summed E-state index contributed by atoms with van der Waals surface area (Å²) in [4.78, 5) is 5.35. The Morgan fingerprint density at radius 1 is 1.55 bits per heavy atom. The zero-order valence-electron chi connectivity index (χ0n) is 7.01. The van der Waals surface area contributed by atoms with Crippen molar-refractivity contribution in [1.29, 1.82) is 0 Å². The number of rotatable bonds is 0. The van der Waals surface area contributed by atoms with Gasteiger partial charge in [-0.15, -0.1) is 11.3 Å². The molecule has 1 aromatic heterocycles. The minimum Gasteiger partial charge on any atom is -0.236 e. The lowest BCUT2D eigenvalue weighted by atomic mass is 10.2. The summed E-state index contributed by atoms with van der Waals surface area (Å²) in [5.41, 5.74) is 0. The fourth-order valence-corrected chi connectivity index (χ4v) is 1.24. The number of aryl methyl sites for hydroxylation is 1. The third kappa shape index (κ3) is 2.73. The van der Waals surface area contributed by atoms with Crippen LogP contribution in [0.3, 0.4) is 0 Å². The number of thiazole rings is 1. The molecule has 0 aliphatic rings. The number of hydrogen-bond acceptors (Lipinski definition) is 2. The Morgan fingerprint density at radius 2 is 2.27 bits per heavy atom. The van der Waals surface area contributed by atoms with E-state index in [0.29, 0.717) is 5.92 Å². The highest BCUT2D eigenvalue weighted by molar-refractivity contribution is 7.12. The van der Waals surface area contributed by atoms with Crippen LogP contribution in [0.25, 0.3) is 0 Å². The molecule has 0 aromatic carbocycles. The van der Waals surface area contributed by atoms with E-state index in [1.54, 1.807) is 11.3 Å². The maximum Gasteiger partial charge on any atom is 0.167 e. The molecule has 0 aliphatic heterocycles. The maximum atomic E-state index is 4.13. The number of nitrogens with zero attached hydrogens (tertiary/aromatic N) is 1. The van der Waals surface area contributed by atoms with Gasteiger partial charge >= 0.3 is 0 Å². The van der Waals surface area contributed by atoms with Crippen molar-refractivity contribution >= 4 is 11.3 Å². The Bertz CT molecular complexity index is 288. The first kappa shape index (κ1) is 8.29. The molecule has 1 rings (SSSR count). The monoisotopic (exact) mass is 165 g/mol. The van der Waals surface area contributed by atoms with Gasteiger partial charge in [0.2, 0.25) is 0 Å². The van der Waals surface area contributed by atoms with Crippen LogP contribution < -0.4 is 0 Å². The Morgan fingerprint density at radius 3 is 2.73 bits per heavy atom. The van der Waals surface area contributed by atoms with E-state index in [4.69, 9.17) is 0 Å². The summed E-state index contributed by atoms with van der Waals surface area (Å²) in [6.45, 7) is 6.19. The van der Waals surface area contributed by atoms with Gasteiger partial charge in [0.25, 0.3) is 0 Å². The predicted octanol–water partition coefficient (Wildman–Crippen LogP) is 2.46. The summed E-state index contributed by atoms with van der Waals surface area (Å²) in [5.74, 6) is 6.53. The van der Waals surface area contributed by atoms with Crippen molar-refractivity contribution in [2.75, 3.05) is 0 Å². The topological polar surface area (TPSA) is 12.9 Å². The minimum absolute atomic E-state index is 0.430. The van der Waals surface area contributed by atoms with Gasteiger partial charge in [0.05, 0.1) is 0 Å². The molecule has 1 nitrogen and oxygen atoms in total. The van der Waals surface area contributed by atoms with Crippen molar-refractivity contribution in [3.8, 4) is 11.8 Å². The molecule has 0 atom stereocenters. The van der Waals surface area contributed by atoms with Crippen molar-refractivity contribution in [2.24, 2.45) is 5.92 Å². The summed E-state index contributed by atoms with van der Waals surface area (Å²) in [6.07, 6.45) is 1.86. The van der Waals surface area contributed by atoms with Gasteiger partial charge in [-0.3, -0.25) is 0 Å². The maximum absolute atomic E-state index is 4.13. The van der Waals surface area contributed by atoms with E-state index in [-0.39, 0.29) is 0 Å². The Hall–Kier alpha value is -0.810. The summed E-state index contributed by atoms with van der Waals surface area (Å²) in [5, 5.41) is 0.927. The van der Waals surface area contributed by atoms with Crippen LogP contribution in [0.1, 0.15) is 23.7 Å². The van der Waals surface area contributed by atoms with E-state index in [9.17, 15) is 0 Å². The van der Waals surface area contributed by atoms with Crippen LogP contribution in [-0.2, 0) is 0 Å². The highest BCUT2D eigenvalue weighted by Gasteiger charge is 1.92. The molecule has 0 radical (unpaired) electrons. The van der Waals surface area contributed by atoms with Gasteiger partial charge in [-0.05, 0) is 12.8 Å². The second-order valence-corrected chi connectivity index (χ2v) is 3.93. The third-order valence-electron chi connectivity index (χ3n) is 1.09. The molecule has 1 heterocycles. The molecule has 2 heteroatoms. The lowest BCUT2D eigenvalue weighted by Gasteiger charge is -1.84. The summed E-state index contributed by atoms with van der Waals surface area (Å²) < 4.78 is 0. The van der Waals surface area contributed by atoms with E-state index in [2.05, 4.69) is 30.7 Å². The average molecular weight is 165 g/mol. The highest BCUT2D eigenvalue weighted by Crippen LogP contribution is 2.09. The molecule has 0 bridgehead atoms. The third-order valence-corrected chi connectivity index (χ3v) is 1.92. The van der Waals surface area contributed by atoms with Gasteiger partial charge in [-0.1, -0.05) is 19.8 Å². The number of aromatic nitrogens is 1. The summed E-state index contributed by atoms with van der Waals surface area (Å²) in [7, 11) is 0. The molecule has 0 spiro atoms.